The average Bonchev–Trinajstić information content (AvgIpc) is 2.37. The van der Waals surface area contributed by atoms with Gasteiger partial charge in [0.15, 0.2) is 0 Å². The first kappa shape index (κ1) is 12.9. The van der Waals surface area contributed by atoms with E-state index in [2.05, 4.69) is 5.32 Å². The molecular weight excluding hydrogens is 247 g/mol. The third-order valence-corrected chi connectivity index (χ3v) is 2.72. The van der Waals surface area contributed by atoms with Gasteiger partial charge in [-0.2, -0.15) is 0 Å². The Morgan fingerprint density at radius 3 is 2.63 bits per heavy atom. The largest absolute Gasteiger partial charge is 0.478 e. The molecule has 0 aromatic heterocycles. The lowest BCUT2D eigenvalue weighted by Crippen LogP contribution is -2.05. The van der Waals surface area contributed by atoms with E-state index < -0.39 is 5.97 Å². The standard InChI is InChI=1S/C14H13FN2O2/c15-12-4-2-1-3-9(12)8-17-10-5-6-11(14(18)19)13(16)7-10/h1-7,17H,8,16H2,(H,18,19). The van der Waals surface area contributed by atoms with Crippen molar-refractivity contribution in [2.24, 2.45) is 0 Å². The van der Waals surface area contributed by atoms with Crippen LogP contribution in [0.2, 0.25) is 0 Å². The Morgan fingerprint density at radius 1 is 1.26 bits per heavy atom. The van der Waals surface area contributed by atoms with Crippen LogP contribution in [-0.2, 0) is 6.54 Å². The fraction of sp³-hybridized carbons (Fsp3) is 0.0714. The van der Waals surface area contributed by atoms with Crippen molar-refractivity contribution in [2.45, 2.75) is 6.54 Å². The summed E-state index contributed by atoms with van der Waals surface area (Å²) < 4.78 is 13.4. The topological polar surface area (TPSA) is 75.3 Å². The van der Waals surface area contributed by atoms with Gasteiger partial charge < -0.3 is 16.2 Å². The maximum atomic E-state index is 13.4. The number of carbonyl (C=O) groups is 1. The maximum absolute atomic E-state index is 13.4. The Balaban J connectivity index is 2.11. The summed E-state index contributed by atoms with van der Waals surface area (Å²) in [6.45, 7) is 0.304. The van der Waals surface area contributed by atoms with Crippen molar-refractivity contribution in [1.82, 2.24) is 0 Å². The lowest BCUT2D eigenvalue weighted by atomic mass is 10.1. The number of rotatable bonds is 4. The fourth-order valence-corrected chi connectivity index (χ4v) is 1.71. The van der Waals surface area contributed by atoms with Crippen LogP contribution in [0.3, 0.4) is 0 Å². The van der Waals surface area contributed by atoms with Gasteiger partial charge >= 0.3 is 5.97 Å². The molecule has 0 fully saturated rings. The number of hydrogen-bond donors (Lipinski definition) is 3. The van der Waals surface area contributed by atoms with Gasteiger partial charge in [-0.05, 0) is 24.3 Å². The Hall–Kier alpha value is -2.56. The number of nitrogens with one attached hydrogen (secondary N) is 1. The number of nitrogen functional groups attached to an aromatic ring is 1. The van der Waals surface area contributed by atoms with Gasteiger partial charge in [0, 0.05) is 23.5 Å². The number of carboxylic acid groups (broad SMARTS) is 1. The quantitative estimate of drug-likeness (QED) is 0.739. The molecule has 5 heteroatoms. The van der Waals surface area contributed by atoms with Crippen LogP contribution in [0.4, 0.5) is 15.8 Å². The van der Waals surface area contributed by atoms with E-state index in [1.807, 2.05) is 0 Å². The molecule has 0 aliphatic heterocycles. The Morgan fingerprint density at radius 2 is 2.00 bits per heavy atom. The molecule has 0 aliphatic carbocycles. The summed E-state index contributed by atoms with van der Waals surface area (Å²) >= 11 is 0. The van der Waals surface area contributed by atoms with Gasteiger partial charge in [-0.3, -0.25) is 0 Å². The van der Waals surface area contributed by atoms with Crippen molar-refractivity contribution in [1.29, 1.82) is 0 Å². The first-order chi connectivity index (χ1) is 9.08. The van der Waals surface area contributed by atoms with E-state index >= 15 is 0 Å². The number of nitrogens with two attached hydrogens (primary N) is 1. The first-order valence-electron chi connectivity index (χ1n) is 5.68. The molecule has 98 valence electrons. The fourth-order valence-electron chi connectivity index (χ4n) is 1.71. The summed E-state index contributed by atoms with van der Waals surface area (Å²) in [6.07, 6.45) is 0. The summed E-state index contributed by atoms with van der Waals surface area (Å²) in [4.78, 5) is 10.8. The molecule has 4 nitrogen and oxygen atoms in total. The van der Waals surface area contributed by atoms with Gasteiger partial charge in [-0.25, -0.2) is 9.18 Å². The molecule has 2 aromatic carbocycles. The molecule has 2 rings (SSSR count). The zero-order valence-electron chi connectivity index (χ0n) is 10.1. The highest BCUT2D eigenvalue weighted by Gasteiger charge is 2.08. The highest BCUT2D eigenvalue weighted by Crippen LogP contribution is 2.19. The third-order valence-electron chi connectivity index (χ3n) is 2.72. The van der Waals surface area contributed by atoms with E-state index in [0.717, 1.165) is 0 Å². The minimum atomic E-state index is -1.07. The second-order valence-corrected chi connectivity index (χ2v) is 4.05. The summed E-state index contributed by atoms with van der Waals surface area (Å²) in [6, 6.07) is 11.0. The molecule has 0 saturated heterocycles. The van der Waals surface area contributed by atoms with Crippen LogP contribution in [0.15, 0.2) is 42.5 Å². The number of hydrogen-bond acceptors (Lipinski definition) is 3. The maximum Gasteiger partial charge on any atom is 0.337 e. The normalized spacial score (nSPS) is 10.2. The van der Waals surface area contributed by atoms with E-state index in [0.29, 0.717) is 17.8 Å². The molecule has 0 spiro atoms. The van der Waals surface area contributed by atoms with Crippen molar-refractivity contribution >= 4 is 17.3 Å². The van der Waals surface area contributed by atoms with Crippen molar-refractivity contribution in [3.05, 3.63) is 59.4 Å². The highest BCUT2D eigenvalue weighted by molar-refractivity contribution is 5.94. The number of anilines is 2. The SMILES string of the molecule is Nc1cc(NCc2ccccc2F)ccc1C(=O)O. The zero-order valence-corrected chi connectivity index (χ0v) is 10.1. The molecule has 0 atom stereocenters. The van der Waals surface area contributed by atoms with Crippen molar-refractivity contribution in [2.75, 3.05) is 11.1 Å². The predicted molar refractivity (Wildman–Crippen MR) is 71.5 cm³/mol. The van der Waals surface area contributed by atoms with E-state index in [1.165, 1.54) is 18.2 Å². The lowest BCUT2D eigenvalue weighted by molar-refractivity contribution is 0.0698. The summed E-state index contributed by atoms with van der Waals surface area (Å²) in [7, 11) is 0. The summed E-state index contributed by atoms with van der Waals surface area (Å²) in [5, 5.41) is 11.8. The molecule has 0 amide bonds. The van der Waals surface area contributed by atoms with Crippen LogP contribution in [0.1, 0.15) is 15.9 Å². The summed E-state index contributed by atoms with van der Waals surface area (Å²) in [5.41, 5.74) is 7.03. The zero-order chi connectivity index (χ0) is 13.8. The summed E-state index contributed by atoms with van der Waals surface area (Å²) in [5.74, 6) is -1.36. The molecule has 0 radical (unpaired) electrons. The van der Waals surface area contributed by atoms with Crippen molar-refractivity contribution in [3.63, 3.8) is 0 Å². The van der Waals surface area contributed by atoms with E-state index in [9.17, 15) is 9.18 Å². The van der Waals surface area contributed by atoms with E-state index in [1.54, 1.807) is 24.3 Å². The van der Waals surface area contributed by atoms with Crippen molar-refractivity contribution in [3.8, 4) is 0 Å². The molecule has 4 N–H and O–H groups in total. The molecule has 0 bridgehead atoms. The second-order valence-electron chi connectivity index (χ2n) is 4.05. The smallest absolute Gasteiger partial charge is 0.337 e. The minimum Gasteiger partial charge on any atom is -0.478 e. The van der Waals surface area contributed by atoms with Crippen LogP contribution in [0, 0.1) is 5.82 Å². The second kappa shape index (κ2) is 5.39. The number of carboxylic acids is 1. The minimum absolute atomic E-state index is 0.0523. The molecular formula is C14H13FN2O2. The van der Waals surface area contributed by atoms with Gasteiger partial charge in [-0.15, -0.1) is 0 Å². The lowest BCUT2D eigenvalue weighted by Gasteiger charge is -2.09. The highest BCUT2D eigenvalue weighted by atomic mass is 19.1. The van der Waals surface area contributed by atoms with Crippen LogP contribution < -0.4 is 11.1 Å². The average molecular weight is 260 g/mol. The Labute approximate surface area is 109 Å². The van der Waals surface area contributed by atoms with Gasteiger partial charge in [0.25, 0.3) is 0 Å². The van der Waals surface area contributed by atoms with Gasteiger partial charge in [0.2, 0.25) is 0 Å². The molecule has 0 heterocycles. The molecule has 2 aromatic rings. The number of benzene rings is 2. The Kier molecular flexibility index (Phi) is 3.66. The van der Waals surface area contributed by atoms with E-state index in [-0.39, 0.29) is 17.1 Å². The van der Waals surface area contributed by atoms with Gasteiger partial charge in [0.1, 0.15) is 5.82 Å². The third kappa shape index (κ3) is 3.01. The molecule has 0 aliphatic rings. The number of halogens is 1. The van der Waals surface area contributed by atoms with Gasteiger partial charge in [-0.1, -0.05) is 18.2 Å². The van der Waals surface area contributed by atoms with E-state index in [4.69, 9.17) is 10.8 Å². The molecule has 0 saturated carbocycles. The number of aromatic carboxylic acids is 1. The molecule has 19 heavy (non-hydrogen) atoms. The van der Waals surface area contributed by atoms with Gasteiger partial charge in [0.05, 0.1) is 5.56 Å². The predicted octanol–water partition coefficient (Wildman–Crippen LogP) is 2.72. The Bertz CT molecular complexity index is 614. The van der Waals surface area contributed by atoms with Crippen molar-refractivity contribution < 1.29 is 14.3 Å². The van der Waals surface area contributed by atoms with Crippen LogP contribution >= 0.6 is 0 Å². The molecule has 0 unspecified atom stereocenters. The van der Waals surface area contributed by atoms with Crippen LogP contribution in [0.25, 0.3) is 0 Å². The van der Waals surface area contributed by atoms with Crippen LogP contribution in [0.5, 0.6) is 0 Å². The monoisotopic (exact) mass is 260 g/mol. The van der Waals surface area contributed by atoms with Crippen LogP contribution in [-0.4, -0.2) is 11.1 Å². The first-order valence-corrected chi connectivity index (χ1v) is 5.68.